The molecule has 1 aromatic carbocycles. The van der Waals surface area contributed by atoms with Crippen molar-refractivity contribution in [2.45, 2.75) is 0 Å². The van der Waals surface area contributed by atoms with E-state index in [1.54, 1.807) is 0 Å². The number of carbonyl (C=O) groups excluding carboxylic acids is 1. The van der Waals surface area contributed by atoms with Gasteiger partial charge in [-0.05, 0) is 35.9 Å². The molecule has 0 atom stereocenters. The fourth-order valence-electron chi connectivity index (χ4n) is 1.36. The lowest BCUT2D eigenvalue weighted by Crippen LogP contribution is -2.10. The lowest BCUT2D eigenvalue weighted by Gasteiger charge is -2.03. The van der Waals surface area contributed by atoms with Crippen LogP contribution in [0, 0.1) is 10.1 Å². The Kier molecular flexibility index (Phi) is 3.73. The van der Waals surface area contributed by atoms with Crippen LogP contribution in [0.5, 0.6) is 0 Å². The van der Waals surface area contributed by atoms with Gasteiger partial charge < -0.3 is 9.73 Å². The molecule has 1 N–H and O–H groups in total. The monoisotopic (exact) mass is 300 g/mol. The van der Waals surface area contributed by atoms with Crippen molar-refractivity contribution < 1.29 is 14.1 Å². The van der Waals surface area contributed by atoms with Gasteiger partial charge in [-0.15, -0.1) is 0 Å². The van der Waals surface area contributed by atoms with Crippen LogP contribution in [0.2, 0.25) is 10.2 Å². The molecule has 1 amide bonds. The molecule has 2 rings (SSSR count). The Morgan fingerprint density at radius 3 is 2.58 bits per heavy atom. The average molecular weight is 301 g/mol. The van der Waals surface area contributed by atoms with Crippen molar-refractivity contribution in [2.24, 2.45) is 0 Å². The molecule has 0 saturated carbocycles. The van der Waals surface area contributed by atoms with Crippen LogP contribution in [-0.2, 0) is 0 Å². The maximum Gasteiger partial charge on any atom is 0.291 e. The van der Waals surface area contributed by atoms with E-state index in [0.717, 1.165) is 6.07 Å². The Morgan fingerprint density at radius 2 is 2.00 bits per heavy atom. The van der Waals surface area contributed by atoms with Crippen LogP contribution < -0.4 is 5.32 Å². The highest BCUT2D eigenvalue weighted by Crippen LogP contribution is 2.27. The van der Waals surface area contributed by atoms with Crippen molar-refractivity contribution in [1.82, 2.24) is 0 Å². The molecule has 6 nitrogen and oxygen atoms in total. The minimum atomic E-state index is -0.637. The minimum absolute atomic E-state index is 0.00241. The first-order chi connectivity index (χ1) is 8.97. The molecule has 8 heteroatoms. The summed E-state index contributed by atoms with van der Waals surface area (Å²) in [6, 6.07) is 6.73. The molecule has 0 radical (unpaired) electrons. The zero-order valence-electron chi connectivity index (χ0n) is 9.22. The molecule has 19 heavy (non-hydrogen) atoms. The summed E-state index contributed by atoms with van der Waals surface area (Å²) in [7, 11) is 0. The summed E-state index contributed by atoms with van der Waals surface area (Å²) in [4.78, 5) is 21.8. The summed E-state index contributed by atoms with van der Waals surface area (Å²) in [5.41, 5.74) is -0.0643. The molecule has 0 saturated heterocycles. The van der Waals surface area contributed by atoms with Crippen LogP contribution in [0.25, 0.3) is 0 Å². The van der Waals surface area contributed by atoms with Crippen LogP contribution in [0.15, 0.2) is 34.7 Å². The van der Waals surface area contributed by atoms with Crippen LogP contribution >= 0.6 is 23.2 Å². The molecule has 0 spiro atoms. The van der Waals surface area contributed by atoms with Gasteiger partial charge in [0.1, 0.15) is 5.02 Å². The zero-order valence-corrected chi connectivity index (χ0v) is 10.7. The largest absolute Gasteiger partial charge is 0.440 e. The minimum Gasteiger partial charge on any atom is -0.440 e. The molecule has 0 fully saturated rings. The number of nitrogens with zero attached hydrogens (tertiary/aromatic N) is 1. The van der Waals surface area contributed by atoms with E-state index in [1.165, 1.54) is 24.3 Å². The van der Waals surface area contributed by atoms with Gasteiger partial charge in [-0.25, -0.2) is 0 Å². The summed E-state index contributed by atoms with van der Waals surface area (Å²) in [5.74, 6) is -0.564. The van der Waals surface area contributed by atoms with Gasteiger partial charge in [-0.2, -0.15) is 0 Å². The molecule has 1 heterocycles. The molecule has 0 unspecified atom stereocenters. The Balaban J connectivity index is 2.22. The lowest BCUT2D eigenvalue weighted by molar-refractivity contribution is -0.384. The lowest BCUT2D eigenvalue weighted by atomic mass is 10.2. The topological polar surface area (TPSA) is 85.4 Å². The van der Waals surface area contributed by atoms with Gasteiger partial charge in [0.05, 0.1) is 4.92 Å². The number of nitrogens with one attached hydrogen (secondary N) is 1. The van der Waals surface area contributed by atoms with Crippen molar-refractivity contribution in [1.29, 1.82) is 0 Å². The number of anilines is 1. The van der Waals surface area contributed by atoms with Crippen molar-refractivity contribution in [3.8, 4) is 0 Å². The predicted molar refractivity (Wildman–Crippen MR) is 69.8 cm³/mol. The first kappa shape index (κ1) is 13.4. The zero-order chi connectivity index (χ0) is 14.0. The summed E-state index contributed by atoms with van der Waals surface area (Å²) in [5, 5.41) is 13.2. The number of amides is 1. The molecular weight excluding hydrogens is 295 g/mol. The summed E-state index contributed by atoms with van der Waals surface area (Å²) in [6.45, 7) is 0. The van der Waals surface area contributed by atoms with Gasteiger partial charge in [0.25, 0.3) is 11.6 Å². The van der Waals surface area contributed by atoms with Crippen LogP contribution in [0.4, 0.5) is 11.4 Å². The van der Waals surface area contributed by atoms with E-state index < -0.39 is 10.8 Å². The predicted octanol–water partition coefficient (Wildman–Crippen LogP) is 3.75. The third kappa shape index (κ3) is 3.04. The number of hydrogen-bond acceptors (Lipinski definition) is 4. The molecule has 0 aliphatic carbocycles. The standard InChI is InChI=1S/C11H6Cl2N2O4/c12-7-2-1-6(5-8(7)15(17)18)14-11(16)9-3-4-10(13)19-9/h1-5H,(H,14,16). The number of furan rings is 1. The molecule has 0 bridgehead atoms. The summed E-state index contributed by atoms with van der Waals surface area (Å²) in [6.07, 6.45) is 0. The highest BCUT2D eigenvalue weighted by molar-refractivity contribution is 6.32. The third-order valence-electron chi connectivity index (χ3n) is 2.20. The molecular formula is C11H6Cl2N2O4. The molecule has 2 aromatic rings. The van der Waals surface area contributed by atoms with Gasteiger partial charge >= 0.3 is 0 Å². The van der Waals surface area contributed by atoms with Crippen molar-refractivity contribution in [3.63, 3.8) is 0 Å². The maximum atomic E-state index is 11.7. The van der Waals surface area contributed by atoms with Crippen LogP contribution in [-0.4, -0.2) is 10.8 Å². The smallest absolute Gasteiger partial charge is 0.291 e. The third-order valence-corrected chi connectivity index (χ3v) is 2.72. The first-order valence-electron chi connectivity index (χ1n) is 4.98. The van der Waals surface area contributed by atoms with Crippen LogP contribution in [0.3, 0.4) is 0 Å². The van der Waals surface area contributed by atoms with Gasteiger partial charge in [0, 0.05) is 11.8 Å². The van der Waals surface area contributed by atoms with E-state index in [9.17, 15) is 14.9 Å². The highest BCUT2D eigenvalue weighted by Gasteiger charge is 2.15. The molecule has 0 aliphatic rings. The Morgan fingerprint density at radius 1 is 1.26 bits per heavy atom. The van der Waals surface area contributed by atoms with Gasteiger partial charge in [-0.1, -0.05) is 11.6 Å². The van der Waals surface area contributed by atoms with Crippen molar-refractivity contribution >= 4 is 40.5 Å². The van der Waals surface area contributed by atoms with Crippen molar-refractivity contribution in [2.75, 3.05) is 5.32 Å². The quantitative estimate of drug-likeness (QED) is 0.691. The maximum absolute atomic E-state index is 11.7. The Bertz CT molecular complexity index is 654. The Hall–Kier alpha value is -2.05. The molecule has 98 valence electrons. The number of halogens is 2. The normalized spacial score (nSPS) is 10.2. The van der Waals surface area contributed by atoms with E-state index in [1.807, 2.05) is 0 Å². The second-order valence-electron chi connectivity index (χ2n) is 3.48. The van der Waals surface area contributed by atoms with Gasteiger partial charge in [-0.3, -0.25) is 14.9 Å². The number of rotatable bonds is 3. The van der Waals surface area contributed by atoms with E-state index in [0.29, 0.717) is 0 Å². The number of nitro groups is 1. The highest BCUT2D eigenvalue weighted by atomic mass is 35.5. The van der Waals surface area contributed by atoms with E-state index in [-0.39, 0.29) is 27.4 Å². The SMILES string of the molecule is O=C(Nc1ccc(Cl)c([N+](=O)[O-])c1)c1ccc(Cl)o1. The second kappa shape index (κ2) is 5.29. The van der Waals surface area contributed by atoms with Gasteiger partial charge in [0.15, 0.2) is 11.0 Å². The fourth-order valence-corrected chi connectivity index (χ4v) is 1.69. The van der Waals surface area contributed by atoms with E-state index >= 15 is 0 Å². The average Bonchev–Trinajstić information content (AvgIpc) is 2.78. The Labute approximate surface area is 117 Å². The number of hydrogen-bond donors (Lipinski definition) is 1. The summed E-state index contributed by atoms with van der Waals surface area (Å²) < 4.78 is 4.91. The summed E-state index contributed by atoms with van der Waals surface area (Å²) >= 11 is 11.2. The van der Waals surface area contributed by atoms with E-state index in [2.05, 4.69) is 5.32 Å². The number of nitro benzene ring substituents is 1. The van der Waals surface area contributed by atoms with Crippen LogP contribution in [0.1, 0.15) is 10.6 Å². The van der Waals surface area contributed by atoms with E-state index in [4.69, 9.17) is 27.6 Å². The molecule has 0 aliphatic heterocycles. The first-order valence-corrected chi connectivity index (χ1v) is 5.73. The van der Waals surface area contributed by atoms with Gasteiger partial charge in [0.2, 0.25) is 0 Å². The second-order valence-corrected chi connectivity index (χ2v) is 4.26. The fraction of sp³-hybridized carbons (Fsp3) is 0. The number of carbonyl (C=O) groups is 1. The van der Waals surface area contributed by atoms with Crippen molar-refractivity contribution in [3.05, 3.63) is 56.4 Å². The number of benzene rings is 1. The molecule has 1 aromatic heterocycles.